The number of nitrogens with one attached hydrogen (secondary N) is 1. The molecule has 3 aromatic rings. The van der Waals surface area contributed by atoms with Crippen LogP contribution in [0.25, 0.3) is 0 Å². The van der Waals surface area contributed by atoms with Gasteiger partial charge in [-0.3, -0.25) is 14.0 Å². The van der Waals surface area contributed by atoms with Crippen LogP contribution in [0.15, 0.2) is 78.9 Å². The van der Waals surface area contributed by atoms with Crippen molar-refractivity contribution in [1.82, 2.24) is 10.2 Å². The van der Waals surface area contributed by atoms with Crippen molar-refractivity contribution in [2.75, 3.05) is 37.8 Å². The van der Waals surface area contributed by atoms with Gasteiger partial charge in [0.05, 0.1) is 25.0 Å². The van der Waals surface area contributed by atoms with Crippen LogP contribution in [0.5, 0.6) is 5.75 Å². The van der Waals surface area contributed by atoms with Gasteiger partial charge >= 0.3 is 0 Å². The number of ether oxygens (including phenoxy) is 1. The smallest absolute Gasteiger partial charge is 0.231 e. The lowest BCUT2D eigenvalue weighted by Crippen LogP contribution is -2.68. The third kappa shape index (κ3) is 6.87. The van der Waals surface area contributed by atoms with Crippen LogP contribution < -0.4 is 20.1 Å². The molecule has 3 aromatic carbocycles. The topological polar surface area (TPSA) is 105 Å². The van der Waals surface area contributed by atoms with Crippen LogP contribution in [0, 0.1) is 11.8 Å². The number of methoxy groups -OCH3 is 1. The third-order valence-electron chi connectivity index (χ3n) is 8.63. The SMILES string of the molecule is COc1ccc(N(C)S(C)(=O)=O)cc1CN[C@H]1[C@H]2CCN(C[C@@H]2C(N)=O)[C@H]1C(c1ccccc1)c1ccccc1.Cl.Cl. The number of piperidine rings is 3. The molecular weight excluding hydrogens is 595 g/mol. The Kier molecular flexibility index (Phi) is 11.3. The number of primary amides is 1. The Balaban J connectivity index is 0.00000242. The summed E-state index contributed by atoms with van der Waals surface area (Å²) in [6.07, 6.45) is 2.07. The second-order valence-electron chi connectivity index (χ2n) is 10.9. The zero-order valence-electron chi connectivity index (χ0n) is 24.1. The minimum Gasteiger partial charge on any atom is -0.496 e. The molecule has 228 valence electrons. The molecule has 3 aliphatic rings. The molecule has 5 atom stereocenters. The normalized spacial score (nSPS) is 23.0. The number of carbonyl (C=O) groups excluding carboxylic acids is 1. The fourth-order valence-electron chi connectivity index (χ4n) is 6.59. The average Bonchev–Trinajstić information content (AvgIpc) is 2.97. The number of hydrogen-bond donors (Lipinski definition) is 2. The van der Waals surface area contributed by atoms with E-state index in [0.717, 1.165) is 18.5 Å². The summed E-state index contributed by atoms with van der Waals surface area (Å²) >= 11 is 0. The van der Waals surface area contributed by atoms with Gasteiger partial charge in [-0.2, -0.15) is 0 Å². The molecule has 3 saturated heterocycles. The van der Waals surface area contributed by atoms with E-state index < -0.39 is 10.0 Å². The first-order valence-corrected chi connectivity index (χ1v) is 15.5. The molecule has 0 radical (unpaired) electrons. The number of amides is 1. The first-order valence-electron chi connectivity index (χ1n) is 13.7. The molecule has 0 aromatic heterocycles. The highest BCUT2D eigenvalue weighted by Crippen LogP contribution is 2.44. The van der Waals surface area contributed by atoms with E-state index in [-0.39, 0.29) is 60.6 Å². The van der Waals surface area contributed by atoms with Gasteiger partial charge in [0, 0.05) is 43.7 Å². The van der Waals surface area contributed by atoms with Gasteiger partial charge in [-0.15, -0.1) is 24.8 Å². The van der Waals surface area contributed by atoms with Crippen LogP contribution >= 0.6 is 24.8 Å². The van der Waals surface area contributed by atoms with E-state index in [1.165, 1.54) is 21.7 Å². The van der Waals surface area contributed by atoms with Gasteiger partial charge in [-0.25, -0.2) is 8.42 Å². The zero-order valence-corrected chi connectivity index (χ0v) is 26.5. The van der Waals surface area contributed by atoms with E-state index in [1.54, 1.807) is 26.3 Å². The van der Waals surface area contributed by atoms with Crippen LogP contribution in [-0.4, -0.2) is 64.8 Å². The summed E-state index contributed by atoms with van der Waals surface area (Å²) in [7, 11) is -0.266. The molecule has 3 aliphatic heterocycles. The molecule has 0 saturated carbocycles. The van der Waals surface area contributed by atoms with Crippen molar-refractivity contribution in [3.8, 4) is 5.75 Å². The molecule has 1 amide bonds. The number of halogens is 2. The van der Waals surface area contributed by atoms with Crippen LogP contribution in [0.3, 0.4) is 0 Å². The van der Waals surface area contributed by atoms with E-state index in [0.29, 0.717) is 24.5 Å². The molecule has 3 heterocycles. The summed E-state index contributed by atoms with van der Waals surface area (Å²) in [5.74, 6) is 0.339. The Labute approximate surface area is 261 Å². The van der Waals surface area contributed by atoms with E-state index in [1.807, 2.05) is 18.2 Å². The third-order valence-corrected chi connectivity index (χ3v) is 9.83. The largest absolute Gasteiger partial charge is 0.496 e. The number of carbonyl (C=O) groups is 1. The van der Waals surface area contributed by atoms with Crippen molar-refractivity contribution < 1.29 is 17.9 Å². The number of benzene rings is 3. The van der Waals surface area contributed by atoms with E-state index >= 15 is 0 Å². The van der Waals surface area contributed by atoms with Crippen molar-refractivity contribution in [1.29, 1.82) is 0 Å². The minimum absolute atomic E-state index is 0. The standard InChI is InChI=1S/C31H38N4O4S.2ClH/c1-34(40(3,37)38)24-14-15-27(39-2)23(18-24)19-33-29-25-16-17-35(20-26(25)31(32)36)30(29)28(21-10-6-4-7-11-21)22-12-8-5-9-13-22;;/h4-15,18,25-26,28-30,33H,16-17,19-20H2,1-3H3,(H2,32,36);2*1H/t25-,26-,29-,30-;;/m0../s1. The summed E-state index contributed by atoms with van der Waals surface area (Å²) < 4.78 is 31.3. The predicted molar refractivity (Wildman–Crippen MR) is 172 cm³/mol. The van der Waals surface area contributed by atoms with Crippen molar-refractivity contribution in [3.05, 3.63) is 95.6 Å². The second-order valence-corrected chi connectivity index (χ2v) is 12.9. The molecule has 0 spiro atoms. The first-order chi connectivity index (χ1) is 19.2. The van der Waals surface area contributed by atoms with Crippen LogP contribution in [0.4, 0.5) is 5.69 Å². The Morgan fingerprint density at radius 3 is 2.17 bits per heavy atom. The lowest BCUT2D eigenvalue weighted by Gasteiger charge is -2.56. The molecule has 6 rings (SSSR count). The predicted octanol–water partition coefficient (Wildman–Crippen LogP) is 4.03. The van der Waals surface area contributed by atoms with Gasteiger partial charge in [0.2, 0.25) is 15.9 Å². The maximum atomic E-state index is 12.6. The lowest BCUT2D eigenvalue weighted by atomic mass is 9.66. The summed E-state index contributed by atoms with van der Waals surface area (Å²) in [4.78, 5) is 15.0. The van der Waals surface area contributed by atoms with Gasteiger partial charge in [0.15, 0.2) is 0 Å². The van der Waals surface area contributed by atoms with Crippen molar-refractivity contribution in [3.63, 3.8) is 0 Å². The molecule has 3 N–H and O–H groups in total. The number of sulfonamides is 1. The Hall–Kier alpha value is -2.82. The highest BCUT2D eigenvalue weighted by atomic mass is 35.5. The summed E-state index contributed by atoms with van der Waals surface area (Å²) in [5.41, 5.74) is 9.79. The fraction of sp³-hybridized carbons (Fsp3) is 0.387. The van der Waals surface area contributed by atoms with Gasteiger partial charge in [-0.05, 0) is 48.2 Å². The maximum Gasteiger partial charge on any atom is 0.231 e. The van der Waals surface area contributed by atoms with Gasteiger partial charge in [0.1, 0.15) is 5.75 Å². The molecule has 0 aliphatic carbocycles. The number of rotatable bonds is 10. The van der Waals surface area contributed by atoms with Crippen LogP contribution in [0.2, 0.25) is 0 Å². The number of nitrogens with zero attached hydrogens (tertiary/aromatic N) is 2. The number of fused-ring (bicyclic) bond motifs is 3. The van der Waals surface area contributed by atoms with Crippen LogP contribution in [-0.2, 0) is 21.4 Å². The first kappa shape index (κ1) is 33.7. The quantitative estimate of drug-likeness (QED) is 0.349. The second kappa shape index (κ2) is 14.1. The van der Waals surface area contributed by atoms with Crippen molar-refractivity contribution >= 4 is 46.4 Å². The van der Waals surface area contributed by atoms with Gasteiger partial charge in [-0.1, -0.05) is 60.7 Å². The molecule has 8 nitrogen and oxygen atoms in total. The molecule has 3 fully saturated rings. The Bertz CT molecular complexity index is 1410. The number of anilines is 1. The molecule has 2 bridgehead atoms. The van der Waals surface area contributed by atoms with Crippen molar-refractivity contribution in [2.45, 2.75) is 31.0 Å². The van der Waals surface area contributed by atoms with E-state index in [2.05, 4.69) is 58.7 Å². The number of hydrogen-bond acceptors (Lipinski definition) is 6. The Morgan fingerprint density at radius 1 is 1.05 bits per heavy atom. The van der Waals surface area contributed by atoms with E-state index in [9.17, 15) is 13.2 Å². The van der Waals surface area contributed by atoms with Crippen LogP contribution in [0.1, 0.15) is 29.0 Å². The van der Waals surface area contributed by atoms with Gasteiger partial charge < -0.3 is 15.8 Å². The lowest BCUT2D eigenvalue weighted by molar-refractivity contribution is -0.132. The highest BCUT2D eigenvalue weighted by molar-refractivity contribution is 7.92. The maximum absolute atomic E-state index is 12.6. The summed E-state index contributed by atoms with van der Waals surface area (Å²) in [6.45, 7) is 2.00. The molecule has 11 heteroatoms. The van der Waals surface area contributed by atoms with Crippen molar-refractivity contribution in [2.24, 2.45) is 17.6 Å². The monoisotopic (exact) mass is 634 g/mol. The molecular formula is C31H40Cl2N4O4S. The average molecular weight is 636 g/mol. The Morgan fingerprint density at radius 2 is 1.64 bits per heavy atom. The fourth-order valence-corrected chi connectivity index (χ4v) is 7.09. The van der Waals surface area contributed by atoms with E-state index in [4.69, 9.17) is 10.5 Å². The zero-order chi connectivity index (χ0) is 28.4. The van der Waals surface area contributed by atoms with Gasteiger partial charge in [0.25, 0.3) is 0 Å². The molecule has 1 unspecified atom stereocenters. The summed E-state index contributed by atoms with van der Waals surface area (Å²) in [5, 5.41) is 3.81. The molecule has 42 heavy (non-hydrogen) atoms. The minimum atomic E-state index is -3.42. The number of nitrogens with two attached hydrogens (primary N) is 1. The summed E-state index contributed by atoms with van der Waals surface area (Å²) in [6, 6.07) is 26.5. The highest BCUT2D eigenvalue weighted by Gasteiger charge is 2.51.